The second kappa shape index (κ2) is 6.83. The first-order valence-electron chi connectivity index (χ1n) is 3.92. The lowest BCUT2D eigenvalue weighted by atomic mass is 10.4. The lowest BCUT2D eigenvalue weighted by Gasteiger charge is -2.16. The van der Waals surface area contributed by atoms with E-state index in [1.807, 2.05) is 0 Å². The van der Waals surface area contributed by atoms with Crippen molar-refractivity contribution in [3.05, 3.63) is 0 Å². The van der Waals surface area contributed by atoms with E-state index in [9.17, 15) is 4.39 Å². The third kappa shape index (κ3) is 4.56. The Morgan fingerprint density at radius 2 is 2.09 bits per heavy atom. The SMILES string of the molecule is Cl.FCCN1CCCNCC1. The van der Waals surface area contributed by atoms with Crippen LogP contribution < -0.4 is 5.32 Å². The molecule has 0 spiro atoms. The van der Waals surface area contributed by atoms with E-state index >= 15 is 0 Å². The van der Waals surface area contributed by atoms with E-state index < -0.39 is 0 Å². The fourth-order valence-electron chi connectivity index (χ4n) is 1.24. The molecule has 4 heteroatoms. The molecular weight excluding hydrogens is 167 g/mol. The van der Waals surface area contributed by atoms with Gasteiger partial charge in [0.15, 0.2) is 0 Å². The van der Waals surface area contributed by atoms with Crippen LogP contribution >= 0.6 is 12.4 Å². The molecule has 0 atom stereocenters. The van der Waals surface area contributed by atoms with E-state index in [2.05, 4.69) is 10.2 Å². The first kappa shape index (κ1) is 11.1. The van der Waals surface area contributed by atoms with Gasteiger partial charge in [-0.25, -0.2) is 4.39 Å². The summed E-state index contributed by atoms with van der Waals surface area (Å²) in [4.78, 5) is 2.17. The Hall–Kier alpha value is 0.140. The summed E-state index contributed by atoms with van der Waals surface area (Å²) in [5.74, 6) is 0. The zero-order valence-electron chi connectivity index (χ0n) is 6.68. The van der Waals surface area contributed by atoms with Crippen molar-refractivity contribution in [1.29, 1.82) is 0 Å². The van der Waals surface area contributed by atoms with E-state index in [0.29, 0.717) is 6.54 Å². The Kier molecular flexibility index (Phi) is 6.91. The van der Waals surface area contributed by atoms with Crippen LogP contribution in [-0.4, -0.2) is 44.3 Å². The quantitative estimate of drug-likeness (QED) is 0.676. The Morgan fingerprint density at radius 3 is 2.82 bits per heavy atom. The van der Waals surface area contributed by atoms with Gasteiger partial charge in [-0.15, -0.1) is 12.4 Å². The summed E-state index contributed by atoms with van der Waals surface area (Å²) in [7, 11) is 0. The third-order valence-corrected chi connectivity index (χ3v) is 1.83. The monoisotopic (exact) mass is 182 g/mol. The summed E-state index contributed by atoms with van der Waals surface area (Å²) in [6.45, 7) is 4.56. The summed E-state index contributed by atoms with van der Waals surface area (Å²) < 4.78 is 11.8. The van der Waals surface area contributed by atoms with Gasteiger partial charge in [-0.1, -0.05) is 0 Å². The number of nitrogens with one attached hydrogen (secondary N) is 1. The molecule has 0 amide bonds. The van der Waals surface area contributed by atoms with Crippen LogP contribution in [-0.2, 0) is 0 Å². The average Bonchev–Trinajstić information content (AvgIpc) is 2.17. The molecular formula is C7H16ClFN2. The van der Waals surface area contributed by atoms with Gasteiger partial charge in [0.05, 0.1) is 0 Å². The van der Waals surface area contributed by atoms with Crippen molar-refractivity contribution in [1.82, 2.24) is 10.2 Å². The van der Waals surface area contributed by atoms with E-state index in [1.165, 1.54) is 0 Å². The summed E-state index contributed by atoms with van der Waals surface area (Å²) in [6, 6.07) is 0. The Morgan fingerprint density at radius 1 is 1.27 bits per heavy atom. The van der Waals surface area contributed by atoms with Crippen molar-refractivity contribution in [2.24, 2.45) is 0 Å². The van der Waals surface area contributed by atoms with Crippen LogP contribution in [0.4, 0.5) is 4.39 Å². The van der Waals surface area contributed by atoms with Crippen LogP contribution in [0.5, 0.6) is 0 Å². The molecule has 1 fully saturated rings. The predicted octanol–water partition coefficient (Wildman–Crippen LogP) is 0.673. The third-order valence-electron chi connectivity index (χ3n) is 1.83. The van der Waals surface area contributed by atoms with E-state index in [-0.39, 0.29) is 19.1 Å². The van der Waals surface area contributed by atoms with Gasteiger partial charge in [0.2, 0.25) is 0 Å². The summed E-state index contributed by atoms with van der Waals surface area (Å²) in [5, 5.41) is 3.27. The maximum atomic E-state index is 11.8. The molecule has 0 aliphatic carbocycles. The second-order valence-electron chi connectivity index (χ2n) is 2.63. The summed E-state index contributed by atoms with van der Waals surface area (Å²) in [5.41, 5.74) is 0. The van der Waals surface area contributed by atoms with Crippen molar-refractivity contribution in [2.45, 2.75) is 6.42 Å². The van der Waals surface area contributed by atoms with Gasteiger partial charge in [-0.05, 0) is 19.5 Å². The largest absolute Gasteiger partial charge is 0.315 e. The molecule has 0 aromatic heterocycles. The number of halogens is 2. The van der Waals surface area contributed by atoms with Crippen molar-refractivity contribution in [2.75, 3.05) is 39.4 Å². The van der Waals surface area contributed by atoms with Crippen LogP contribution in [0.25, 0.3) is 0 Å². The van der Waals surface area contributed by atoms with Crippen molar-refractivity contribution < 1.29 is 4.39 Å². The van der Waals surface area contributed by atoms with Gasteiger partial charge in [0.1, 0.15) is 6.67 Å². The number of alkyl halides is 1. The predicted molar refractivity (Wildman–Crippen MR) is 47.1 cm³/mol. The second-order valence-corrected chi connectivity index (χ2v) is 2.63. The summed E-state index contributed by atoms with van der Waals surface area (Å²) in [6.07, 6.45) is 1.15. The topological polar surface area (TPSA) is 15.3 Å². The van der Waals surface area contributed by atoms with E-state index in [1.54, 1.807) is 0 Å². The van der Waals surface area contributed by atoms with Gasteiger partial charge >= 0.3 is 0 Å². The average molecular weight is 183 g/mol. The number of nitrogens with zero attached hydrogens (tertiary/aromatic N) is 1. The molecule has 0 radical (unpaired) electrons. The van der Waals surface area contributed by atoms with Crippen LogP contribution in [0.3, 0.4) is 0 Å². The summed E-state index contributed by atoms with van der Waals surface area (Å²) >= 11 is 0. The highest BCUT2D eigenvalue weighted by Crippen LogP contribution is 1.93. The molecule has 0 aromatic rings. The highest BCUT2D eigenvalue weighted by atomic mass is 35.5. The minimum atomic E-state index is -0.208. The lowest BCUT2D eigenvalue weighted by molar-refractivity contribution is 0.263. The molecule has 1 heterocycles. The Bertz CT molecular complexity index is 84.5. The molecule has 2 nitrogen and oxygen atoms in total. The molecule has 0 bridgehead atoms. The molecule has 11 heavy (non-hydrogen) atoms. The lowest BCUT2D eigenvalue weighted by Crippen LogP contribution is -2.29. The van der Waals surface area contributed by atoms with Crippen molar-refractivity contribution in [3.63, 3.8) is 0 Å². The zero-order chi connectivity index (χ0) is 7.23. The standard InChI is InChI=1S/C7H15FN2.ClH/c8-2-6-10-5-1-3-9-4-7-10;/h9H,1-7H2;1H. The minimum Gasteiger partial charge on any atom is -0.315 e. The Labute approximate surface area is 73.6 Å². The maximum absolute atomic E-state index is 11.8. The number of rotatable bonds is 2. The van der Waals surface area contributed by atoms with Crippen LogP contribution in [0.2, 0.25) is 0 Å². The first-order chi connectivity index (χ1) is 4.93. The van der Waals surface area contributed by atoms with Gasteiger partial charge in [0.25, 0.3) is 0 Å². The van der Waals surface area contributed by atoms with Gasteiger partial charge < -0.3 is 5.32 Å². The van der Waals surface area contributed by atoms with Gasteiger partial charge in [-0.2, -0.15) is 0 Å². The van der Waals surface area contributed by atoms with Gasteiger partial charge in [0, 0.05) is 19.6 Å². The van der Waals surface area contributed by atoms with Crippen molar-refractivity contribution in [3.8, 4) is 0 Å². The fraction of sp³-hybridized carbons (Fsp3) is 1.00. The highest BCUT2D eigenvalue weighted by Gasteiger charge is 2.06. The van der Waals surface area contributed by atoms with E-state index in [4.69, 9.17) is 0 Å². The first-order valence-corrected chi connectivity index (χ1v) is 3.92. The van der Waals surface area contributed by atoms with Crippen LogP contribution in [0.1, 0.15) is 6.42 Å². The zero-order valence-corrected chi connectivity index (χ0v) is 7.50. The van der Waals surface area contributed by atoms with Crippen molar-refractivity contribution >= 4 is 12.4 Å². The fourth-order valence-corrected chi connectivity index (χ4v) is 1.24. The molecule has 0 unspecified atom stereocenters. The molecule has 0 aromatic carbocycles. The van der Waals surface area contributed by atoms with Crippen LogP contribution in [0.15, 0.2) is 0 Å². The highest BCUT2D eigenvalue weighted by molar-refractivity contribution is 5.85. The maximum Gasteiger partial charge on any atom is 0.102 e. The number of hydrogen-bond donors (Lipinski definition) is 1. The number of hydrogen-bond acceptors (Lipinski definition) is 2. The molecule has 0 saturated carbocycles. The Balaban J connectivity index is 0.000001000. The van der Waals surface area contributed by atoms with Crippen LogP contribution in [0, 0.1) is 0 Å². The molecule has 1 rings (SSSR count). The molecule has 1 N–H and O–H groups in total. The normalized spacial score (nSPS) is 20.5. The van der Waals surface area contributed by atoms with Gasteiger partial charge in [-0.3, -0.25) is 4.90 Å². The molecule has 1 saturated heterocycles. The molecule has 1 aliphatic rings. The van der Waals surface area contributed by atoms with E-state index in [0.717, 1.165) is 32.6 Å². The molecule has 68 valence electrons. The minimum absolute atomic E-state index is 0. The smallest absolute Gasteiger partial charge is 0.102 e. The molecule has 1 aliphatic heterocycles.